The summed E-state index contributed by atoms with van der Waals surface area (Å²) in [7, 11) is 0. The van der Waals surface area contributed by atoms with Crippen LogP contribution < -0.4 is 9.84 Å². The van der Waals surface area contributed by atoms with E-state index in [1.165, 1.54) is 20.8 Å². The van der Waals surface area contributed by atoms with Crippen LogP contribution in [0.15, 0.2) is 18.2 Å². The van der Waals surface area contributed by atoms with Gasteiger partial charge in [0.25, 0.3) is 0 Å². The Bertz CT molecular complexity index is 834. The van der Waals surface area contributed by atoms with E-state index in [0.717, 1.165) is 18.2 Å². The molecule has 0 N–H and O–H groups in total. The van der Waals surface area contributed by atoms with Crippen molar-refractivity contribution in [2.24, 2.45) is 0 Å². The topological polar surface area (TPSA) is 92.7 Å². The molecule has 0 spiro atoms. The van der Waals surface area contributed by atoms with Crippen LogP contribution in [0.25, 0.3) is 0 Å². The summed E-state index contributed by atoms with van der Waals surface area (Å²) in [5, 5.41) is 10.1. The Morgan fingerprint density at radius 2 is 1.48 bits per heavy atom. The Balaban J connectivity index is 3.32. The van der Waals surface area contributed by atoms with Crippen LogP contribution in [0.2, 0.25) is 0 Å². The van der Waals surface area contributed by atoms with E-state index in [1.807, 2.05) is 0 Å². The lowest BCUT2D eigenvalue weighted by Gasteiger charge is -2.31. The van der Waals surface area contributed by atoms with Crippen molar-refractivity contribution in [3.63, 3.8) is 0 Å². The minimum Gasteiger partial charge on any atom is -0.544 e. The number of carbonyl (C=O) groups excluding carboxylic acids is 3. The predicted octanol–water partition coefficient (Wildman–Crippen LogP) is 2.81. The monoisotopic (exact) mass is 541 g/mol. The van der Waals surface area contributed by atoms with E-state index in [4.69, 9.17) is 4.74 Å². The SMILES string of the molecule is CC(C)(C)OC(=O)c1cc(I)ccc1OC(=O)C(F)(F)C(F)(F)C(F)(F)C(=O)[O-]. The Hall–Kier alpha value is -2.06. The second-order valence-electron chi connectivity index (χ2n) is 6.54. The molecule has 1 aromatic rings. The van der Waals surface area contributed by atoms with Gasteiger partial charge in [0.05, 0.1) is 0 Å². The molecule has 6 nitrogen and oxygen atoms in total. The van der Waals surface area contributed by atoms with Crippen LogP contribution in [0, 0.1) is 3.57 Å². The molecule has 0 aliphatic heterocycles. The summed E-state index contributed by atoms with van der Waals surface area (Å²) in [5.74, 6) is -28.6. The molecule has 0 aromatic heterocycles. The third-order valence-corrected chi connectivity index (χ3v) is 3.74. The van der Waals surface area contributed by atoms with Gasteiger partial charge in [-0.3, -0.25) is 0 Å². The number of esters is 2. The smallest absolute Gasteiger partial charge is 0.411 e. The van der Waals surface area contributed by atoms with Crippen molar-refractivity contribution in [3.8, 4) is 5.75 Å². The molecule has 1 aromatic carbocycles. The summed E-state index contributed by atoms with van der Waals surface area (Å²) in [5.41, 5.74) is -1.71. The van der Waals surface area contributed by atoms with E-state index in [-0.39, 0.29) is 0 Å². The fourth-order valence-corrected chi connectivity index (χ4v) is 2.19. The van der Waals surface area contributed by atoms with Gasteiger partial charge in [-0.2, -0.15) is 26.3 Å². The number of carboxylic acids is 1. The highest BCUT2D eigenvalue weighted by Gasteiger charge is 2.76. The molecule has 1 rings (SSSR count). The van der Waals surface area contributed by atoms with Crippen LogP contribution in [-0.2, 0) is 14.3 Å². The van der Waals surface area contributed by atoms with Crippen molar-refractivity contribution in [3.05, 3.63) is 27.3 Å². The Morgan fingerprint density at radius 3 is 1.93 bits per heavy atom. The van der Waals surface area contributed by atoms with Gasteiger partial charge in [-0.15, -0.1) is 0 Å². The maximum Gasteiger partial charge on any atom is 0.411 e. The third-order valence-electron chi connectivity index (χ3n) is 3.06. The predicted molar refractivity (Wildman–Crippen MR) is 89.8 cm³/mol. The van der Waals surface area contributed by atoms with Crippen LogP contribution in [0.1, 0.15) is 31.1 Å². The normalized spacial score (nSPS) is 13.0. The lowest BCUT2D eigenvalue weighted by Crippen LogP contribution is -2.64. The molecular formula is C16H12F6IO6-. The molecular weight excluding hydrogens is 529 g/mol. The first kappa shape index (κ1) is 25.0. The first-order chi connectivity index (χ1) is 12.8. The van der Waals surface area contributed by atoms with Crippen LogP contribution in [0.5, 0.6) is 5.75 Å². The highest BCUT2D eigenvalue weighted by molar-refractivity contribution is 14.1. The fraction of sp³-hybridized carbons (Fsp3) is 0.438. The van der Waals surface area contributed by atoms with Crippen LogP contribution in [0.3, 0.4) is 0 Å². The number of hydrogen-bond donors (Lipinski definition) is 0. The number of rotatable bonds is 6. The summed E-state index contributed by atoms with van der Waals surface area (Å²) in [6.07, 6.45) is 0. The quantitative estimate of drug-likeness (QED) is 0.238. The van der Waals surface area contributed by atoms with E-state index in [9.17, 15) is 45.8 Å². The molecule has 0 amide bonds. The van der Waals surface area contributed by atoms with Crippen molar-refractivity contribution in [1.29, 1.82) is 0 Å². The number of benzene rings is 1. The van der Waals surface area contributed by atoms with Gasteiger partial charge in [0.1, 0.15) is 22.9 Å². The molecule has 0 aliphatic rings. The number of carbonyl (C=O) groups is 3. The third kappa shape index (κ3) is 5.11. The molecule has 162 valence electrons. The number of aliphatic carboxylic acids is 1. The van der Waals surface area contributed by atoms with Gasteiger partial charge in [0, 0.05) is 3.57 Å². The molecule has 13 heteroatoms. The summed E-state index contributed by atoms with van der Waals surface area (Å²) >= 11 is 1.69. The molecule has 0 saturated heterocycles. The van der Waals surface area contributed by atoms with E-state index >= 15 is 0 Å². The molecule has 0 unspecified atom stereocenters. The van der Waals surface area contributed by atoms with Gasteiger partial charge in [0.2, 0.25) is 0 Å². The van der Waals surface area contributed by atoms with Crippen LogP contribution in [-0.4, -0.2) is 41.3 Å². The number of alkyl halides is 6. The highest BCUT2D eigenvalue weighted by atomic mass is 127. The zero-order valence-corrected chi connectivity index (χ0v) is 17.0. The maximum absolute atomic E-state index is 13.7. The standard InChI is InChI=1S/C16H13F6IO6/c1-13(2,3)29-10(24)8-6-7(23)4-5-9(8)28-12(27)15(19,20)16(21,22)14(17,18)11(25)26/h4-6H,1-3H3,(H,25,26)/p-1. The van der Waals surface area contributed by atoms with Crippen LogP contribution >= 0.6 is 22.6 Å². The highest BCUT2D eigenvalue weighted by Crippen LogP contribution is 2.46. The van der Waals surface area contributed by atoms with Gasteiger partial charge in [-0.25, -0.2) is 9.59 Å². The van der Waals surface area contributed by atoms with E-state index in [1.54, 1.807) is 22.6 Å². The van der Waals surface area contributed by atoms with Gasteiger partial charge < -0.3 is 19.4 Å². The number of carboxylic acid groups (broad SMARTS) is 1. The first-order valence-corrected chi connectivity index (χ1v) is 8.52. The molecule has 0 saturated carbocycles. The Kier molecular flexibility index (Phi) is 6.88. The molecule has 29 heavy (non-hydrogen) atoms. The van der Waals surface area contributed by atoms with Gasteiger partial charge in [-0.05, 0) is 61.6 Å². The minimum absolute atomic E-state index is 0.323. The van der Waals surface area contributed by atoms with Gasteiger partial charge in [-0.1, -0.05) is 0 Å². The Labute approximate surface area is 173 Å². The van der Waals surface area contributed by atoms with Crippen LogP contribution in [0.4, 0.5) is 26.3 Å². The van der Waals surface area contributed by atoms with Gasteiger partial charge in [0.15, 0.2) is 0 Å². The van der Waals surface area contributed by atoms with Crippen molar-refractivity contribution >= 4 is 40.5 Å². The Morgan fingerprint density at radius 1 is 0.966 bits per heavy atom. The largest absolute Gasteiger partial charge is 0.544 e. The number of hydrogen-bond acceptors (Lipinski definition) is 6. The average Bonchev–Trinajstić information content (AvgIpc) is 2.54. The number of ether oxygens (including phenoxy) is 2. The van der Waals surface area contributed by atoms with Gasteiger partial charge >= 0.3 is 29.7 Å². The molecule has 0 heterocycles. The molecule has 0 atom stereocenters. The molecule has 0 fully saturated rings. The zero-order chi connectivity index (χ0) is 23.0. The molecule has 0 aliphatic carbocycles. The fourth-order valence-electron chi connectivity index (χ4n) is 1.70. The summed E-state index contributed by atoms with van der Waals surface area (Å²) in [6.45, 7) is 4.34. The summed E-state index contributed by atoms with van der Waals surface area (Å²) in [4.78, 5) is 33.8. The van der Waals surface area contributed by atoms with E-state index in [0.29, 0.717) is 3.57 Å². The average molecular weight is 541 g/mol. The number of halogens is 7. The summed E-state index contributed by atoms with van der Waals surface area (Å²) in [6, 6.07) is 2.90. The lowest BCUT2D eigenvalue weighted by atomic mass is 10.0. The molecule has 0 radical (unpaired) electrons. The molecule has 0 bridgehead atoms. The zero-order valence-electron chi connectivity index (χ0n) is 14.8. The summed E-state index contributed by atoms with van der Waals surface area (Å²) < 4.78 is 89.6. The maximum atomic E-state index is 13.7. The van der Waals surface area contributed by atoms with Crippen molar-refractivity contribution in [1.82, 2.24) is 0 Å². The van der Waals surface area contributed by atoms with Crippen molar-refractivity contribution in [2.75, 3.05) is 0 Å². The van der Waals surface area contributed by atoms with Crippen molar-refractivity contribution < 1.29 is 55.3 Å². The minimum atomic E-state index is -6.69. The lowest BCUT2D eigenvalue weighted by molar-refractivity contribution is -0.365. The first-order valence-electron chi connectivity index (χ1n) is 7.44. The van der Waals surface area contributed by atoms with Crippen molar-refractivity contribution in [2.45, 2.75) is 44.1 Å². The second kappa shape index (κ2) is 7.99. The van der Waals surface area contributed by atoms with E-state index < -0.39 is 52.6 Å². The van der Waals surface area contributed by atoms with E-state index in [2.05, 4.69) is 4.74 Å². The second-order valence-corrected chi connectivity index (χ2v) is 7.79.